The van der Waals surface area contributed by atoms with Gasteiger partial charge in [-0.05, 0) is 44.9 Å². The van der Waals surface area contributed by atoms with Gasteiger partial charge in [-0.1, -0.05) is 12.8 Å². The standard InChI is InChI=1S/C16H28N2O2/c1-2-18(11-13-7-5-9-20-13)16(19)15-10-12-6-3-4-8-14(12)17-15/h12-15,17H,2-11H2,1H3. The van der Waals surface area contributed by atoms with Crippen LogP contribution in [-0.2, 0) is 9.53 Å². The van der Waals surface area contributed by atoms with Crippen LogP contribution in [-0.4, -0.2) is 48.7 Å². The van der Waals surface area contributed by atoms with Crippen molar-refractivity contribution in [1.29, 1.82) is 0 Å². The second kappa shape index (κ2) is 6.44. The van der Waals surface area contributed by atoms with E-state index in [1.165, 1.54) is 25.7 Å². The molecule has 0 bridgehead atoms. The van der Waals surface area contributed by atoms with Crippen LogP contribution in [0, 0.1) is 5.92 Å². The molecule has 4 heteroatoms. The van der Waals surface area contributed by atoms with E-state index in [0.29, 0.717) is 11.9 Å². The number of nitrogens with one attached hydrogen (secondary N) is 1. The van der Waals surface area contributed by atoms with Crippen LogP contribution in [0.3, 0.4) is 0 Å². The van der Waals surface area contributed by atoms with Crippen molar-refractivity contribution >= 4 is 5.91 Å². The molecule has 0 aromatic heterocycles. The highest BCUT2D eigenvalue weighted by Gasteiger charge is 2.39. The van der Waals surface area contributed by atoms with Gasteiger partial charge in [0.15, 0.2) is 0 Å². The van der Waals surface area contributed by atoms with Crippen LogP contribution in [0.1, 0.15) is 51.9 Å². The van der Waals surface area contributed by atoms with E-state index in [0.717, 1.165) is 44.9 Å². The number of carbonyl (C=O) groups excluding carboxylic acids is 1. The summed E-state index contributed by atoms with van der Waals surface area (Å²) in [5.74, 6) is 1.04. The molecule has 1 aliphatic carbocycles. The molecule has 0 aromatic rings. The zero-order valence-electron chi connectivity index (χ0n) is 12.6. The smallest absolute Gasteiger partial charge is 0.239 e. The van der Waals surface area contributed by atoms with Gasteiger partial charge < -0.3 is 15.0 Å². The molecule has 0 aromatic carbocycles. The van der Waals surface area contributed by atoms with Gasteiger partial charge in [-0.2, -0.15) is 0 Å². The Morgan fingerprint density at radius 1 is 1.25 bits per heavy atom. The highest BCUT2D eigenvalue weighted by Crippen LogP contribution is 2.33. The average Bonchev–Trinajstić information content (AvgIpc) is 3.12. The van der Waals surface area contributed by atoms with Crippen LogP contribution in [0.15, 0.2) is 0 Å². The maximum Gasteiger partial charge on any atom is 0.239 e. The Morgan fingerprint density at radius 3 is 2.80 bits per heavy atom. The summed E-state index contributed by atoms with van der Waals surface area (Å²) in [6, 6.07) is 0.656. The van der Waals surface area contributed by atoms with Crippen molar-refractivity contribution < 1.29 is 9.53 Å². The minimum absolute atomic E-state index is 0.0597. The molecular weight excluding hydrogens is 252 g/mol. The molecule has 1 saturated carbocycles. The van der Waals surface area contributed by atoms with Crippen LogP contribution < -0.4 is 5.32 Å². The largest absolute Gasteiger partial charge is 0.376 e. The Bertz CT molecular complexity index is 323. The summed E-state index contributed by atoms with van der Waals surface area (Å²) < 4.78 is 5.68. The minimum Gasteiger partial charge on any atom is -0.376 e. The van der Waals surface area contributed by atoms with Crippen LogP contribution in [0.25, 0.3) is 0 Å². The van der Waals surface area contributed by atoms with E-state index in [9.17, 15) is 4.79 Å². The fraction of sp³-hybridized carbons (Fsp3) is 0.938. The summed E-state index contributed by atoms with van der Waals surface area (Å²) >= 11 is 0. The lowest BCUT2D eigenvalue weighted by molar-refractivity contribution is -0.134. The van der Waals surface area contributed by atoms with E-state index in [1.807, 2.05) is 4.90 Å². The summed E-state index contributed by atoms with van der Waals surface area (Å²) in [4.78, 5) is 14.7. The topological polar surface area (TPSA) is 41.6 Å². The molecule has 4 atom stereocenters. The van der Waals surface area contributed by atoms with Gasteiger partial charge in [-0.25, -0.2) is 0 Å². The first-order valence-electron chi connectivity index (χ1n) is 8.44. The quantitative estimate of drug-likeness (QED) is 0.855. The van der Waals surface area contributed by atoms with E-state index in [2.05, 4.69) is 12.2 Å². The van der Waals surface area contributed by atoms with E-state index in [4.69, 9.17) is 4.74 Å². The van der Waals surface area contributed by atoms with Crippen molar-refractivity contribution in [3.63, 3.8) is 0 Å². The Morgan fingerprint density at radius 2 is 2.10 bits per heavy atom. The Labute approximate surface area is 122 Å². The molecule has 20 heavy (non-hydrogen) atoms. The molecule has 0 spiro atoms. The second-order valence-electron chi connectivity index (χ2n) is 6.62. The van der Waals surface area contributed by atoms with Gasteiger partial charge in [0.05, 0.1) is 12.1 Å². The number of nitrogens with zero attached hydrogens (tertiary/aromatic N) is 1. The number of hydrogen-bond acceptors (Lipinski definition) is 3. The molecule has 1 N–H and O–H groups in total. The number of likely N-dealkylation sites (N-methyl/N-ethyl adjacent to an activating group) is 1. The van der Waals surface area contributed by atoms with Crippen LogP contribution in [0.4, 0.5) is 0 Å². The molecule has 2 aliphatic heterocycles. The third kappa shape index (κ3) is 3.01. The van der Waals surface area contributed by atoms with E-state index >= 15 is 0 Å². The normalized spacial score (nSPS) is 36.9. The summed E-state index contributed by atoms with van der Waals surface area (Å²) in [5.41, 5.74) is 0. The molecule has 3 aliphatic rings. The van der Waals surface area contributed by atoms with Gasteiger partial charge in [-0.3, -0.25) is 4.79 Å². The van der Waals surface area contributed by atoms with Crippen molar-refractivity contribution in [2.75, 3.05) is 19.7 Å². The fourth-order valence-electron chi connectivity index (χ4n) is 4.14. The molecule has 4 unspecified atom stereocenters. The predicted octanol–water partition coefficient (Wildman–Crippen LogP) is 1.93. The first-order chi connectivity index (χ1) is 9.78. The summed E-state index contributed by atoms with van der Waals surface area (Å²) in [6.07, 6.45) is 8.79. The van der Waals surface area contributed by atoms with Gasteiger partial charge in [0.2, 0.25) is 5.91 Å². The van der Waals surface area contributed by atoms with Gasteiger partial charge in [-0.15, -0.1) is 0 Å². The van der Waals surface area contributed by atoms with Crippen LogP contribution in [0.2, 0.25) is 0 Å². The van der Waals surface area contributed by atoms with Gasteiger partial charge in [0.25, 0.3) is 0 Å². The lowest BCUT2D eigenvalue weighted by Gasteiger charge is -2.27. The highest BCUT2D eigenvalue weighted by atomic mass is 16.5. The van der Waals surface area contributed by atoms with E-state index < -0.39 is 0 Å². The number of ether oxygens (including phenoxy) is 1. The molecule has 4 nitrogen and oxygen atoms in total. The second-order valence-corrected chi connectivity index (χ2v) is 6.62. The molecule has 2 heterocycles. The molecule has 114 valence electrons. The summed E-state index contributed by atoms with van der Waals surface area (Å²) in [5, 5.41) is 3.60. The van der Waals surface area contributed by atoms with Gasteiger partial charge in [0, 0.05) is 25.7 Å². The maximum absolute atomic E-state index is 12.7. The molecule has 2 saturated heterocycles. The van der Waals surface area contributed by atoms with Crippen molar-refractivity contribution in [1.82, 2.24) is 10.2 Å². The monoisotopic (exact) mass is 280 g/mol. The number of fused-ring (bicyclic) bond motifs is 1. The first-order valence-corrected chi connectivity index (χ1v) is 8.44. The Balaban J connectivity index is 1.56. The fourth-order valence-corrected chi connectivity index (χ4v) is 4.14. The van der Waals surface area contributed by atoms with Crippen LogP contribution >= 0.6 is 0 Å². The van der Waals surface area contributed by atoms with Crippen molar-refractivity contribution in [2.24, 2.45) is 5.92 Å². The third-order valence-electron chi connectivity index (χ3n) is 5.30. The number of rotatable bonds is 4. The number of hydrogen-bond donors (Lipinski definition) is 1. The summed E-state index contributed by atoms with van der Waals surface area (Å²) in [7, 11) is 0. The Kier molecular flexibility index (Phi) is 4.61. The maximum atomic E-state index is 12.7. The lowest BCUT2D eigenvalue weighted by Crippen LogP contribution is -2.47. The molecule has 0 radical (unpaired) electrons. The molecular formula is C16H28N2O2. The third-order valence-corrected chi connectivity index (χ3v) is 5.30. The van der Waals surface area contributed by atoms with Crippen molar-refractivity contribution in [3.8, 4) is 0 Å². The number of amides is 1. The zero-order chi connectivity index (χ0) is 13.9. The SMILES string of the molecule is CCN(CC1CCCO1)C(=O)C1CC2CCCCC2N1. The van der Waals surface area contributed by atoms with Crippen LogP contribution in [0.5, 0.6) is 0 Å². The van der Waals surface area contributed by atoms with E-state index in [1.54, 1.807) is 0 Å². The highest BCUT2D eigenvalue weighted by molar-refractivity contribution is 5.82. The minimum atomic E-state index is 0.0597. The van der Waals surface area contributed by atoms with Gasteiger partial charge >= 0.3 is 0 Å². The Hall–Kier alpha value is -0.610. The molecule has 1 amide bonds. The first kappa shape index (κ1) is 14.3. The number of carbonyl (C=O) groups is 1. The lowest BCUT2D eigenvalue weighted by atomic mass is 9.85. The van der Waals surface area contributed by atoms with Crippen molar-refractivity contribution in [2.45, 2.75) is 70.1 Å². The zero-order valence-corrected chi connectivity index (χ0v) is 12.6. The van der Waals surface area contributed by atoms with Crippen molar-refractivity contribution in [3.05, 3.63) is 0 Å². The molecule has 3 rings (SSSR count). The van der Waals surface area contributed by atoms with Gasteiger partial charge in [0.1, 0.15) is 0 Å². The summed E-state index contributed by atoms with van der Waals surface area (Å²) in [6.45, 7) is 4.52. The predicted molar refractivity (Wildman–Crippen MR) is 78.5 cm³/mol. The average molecular weight is 280 g/mol. The van der Waals surface area contributed by atoms with E-state index in [-0.39, 0.29) is 12.1 Å². The molecule has 3 fully saturated rings.